The van der Waals surface area contributed by atoms with Gasteiger partial charge in [0.25, 0.3) is 0 Å². The zero-order chi connectivity index (χ0) is 9.12. The Hall–Kier alpha value is 0.870. The SMILES string of the molecule is CNC(C)(C)CCS(=O)(=O)[O-].[Na+]. The monoisotopic (exact) mass is 203 g/mol. The van der Waals surface area contributed by atoms with Gasteiger partial charge in [-0.15, -0.1) is 0 Å². The minimum absolute atomic E-state index is 0. The topological polar surface area (TPSA) is 69.2 Å². The zero-order valence-electron chi connectivity index (χ0n) is 8.05. The van der Waals surface area contributed by atoms with Crippen LogP contribution in [0.1, 0.15) is 20.3 Å². The van der Waals surface area contributed by atoms with Crippen molar-refractivity contribution in [1.29, 1.82) is 0 Å². The Morgan fingerprint density at radius 1 is 1.42 bits per heavy atom. The first-order valence-corrected chi connectivity index (χ1v) is 4.97. The van der Waals surface area contributed by atoms with Gasteiger partial charge in [0.2, 0.25) is 0 Å². The molecule has 4 nitrogen and oxygen atoms in total. The van der Waals surface area contributed by atoms with Gasteiger partial charge in [-0.1, -0.05) is 0 Å². The van der Waals surface area contributed by atoms with E-state index in [0.717, 1.165) is 0 Å². The minimum atomic E-state index is -4.06. The molecule has 0 spiro atoms. The van der Waals surface area contributed by atoms with Crippen molar-refractivity contribution >= 4 is 10.1 Å². The fraction of sp³-hybridized carbons (Fsp3) is 1.00. The third-order valence-electron chi connectivity index (χ3n) is 1.65. The van der Waals surface area contributed by atoms with Gasteiger partial charge >= 0.3 is 29.6 Å². The van der Waals surface area contributed by atoms with Crippen molar-refractivity contribution in [1.82, 2.24) is 5.32 Å². The first-order chi connectivity index (χ1) is 4.77. The molecule has 0 aromatic rings. The third-order valence-corrected chi connectivity index (χ3v) is 2.36. The first kappa shape index (κ1) is 15.3. The molecule has 12 heavy (non-hydrogen) atoms. The van der Waals surface area contributed by atoms with Crippen LogP contribution in [0.5, 0.6) is 0 Å². The summed E-state index contributed by atoms with van der Waals surface area (Å²) < 4.78 is 30.6. The van der Waals surface area contributed by atoms with Crippen molar-refractivity contribution in [3.8, 4) is 0 Å². The van der Waals surface area contributed by atoms with Crippen molar-refractivity contribution in [2.45, 2.75) is 25.8 Å². The summed E-state index contributed by atoms with van der Waals surface area (Å²) in [6.07, 6.45) is 0.343. The van der Waals surface area contributed by atoms with E-state index in [2.05, 4.69) is 5.32 Å². The van der Waals surface area contributed by atoms with Gasteiger partial charge in [0, 0.05) is 11.3 Å². The van der Waals surface area contributed by atoms with Gasteiger partial charge in [0.15, 0.2) is 0 Å². The standard InChI is InChI=1S/C6H15NO3S.Na/c1-6(2,7-3)4-5-11(8,9)10;/h7H,4-5H2,1-3H3,(H,8,9,10);/q;+1/p-1. The van der Waals surface area contributed by atoms with Crippen LogP contribution >= 0.6 is 0 Å². The smallest absolute Gasteiger partial charge is 0.748 e. The van der Waals surface area contributed by atoms with Crippen LogP contribution in [0.4, 0.5) is 0 Å². The van der Waals surface area contributed by atoms with Crippen LogP contribution in [0.25, 0.3) is 0 Å². The molecule has 0 heterocycles. The molecular weight excluding hydrogens is 189 g/mol. The van der Waals surface area contributed by atoms with Gasteiger partial charge in [-0.2, -0.15) is 0 Å². The maximum Gasteiger partial charge on any atom is 1.00 e. The summed E-state index contributed by atoms with van der Waals surface area (Å²) in [5.74, 6) is -0.305. The fourth-order valence-corrected chi connectivity index (χ4v) is 1.27. The molecular formula is C6H14NNaO3S. The second-order valence-electron chi connectivity index (χ2n) is 3.15. The molecule has 0 rings (SSSR count). The Balaban J connectivity index is 0. The Kier molecular flexibility index (Phi) is 7.12. The van der Waals surface area contributed by atoms with Crippen LogP contribution in [0.2, 0.25) is 0 Å². The summed E-state index contributed by atoms with van der Waals surface area (Å²) >= 11 is 0. The van der Waals surface area contributed by atoms with Crippen LogP contribution in [0, 0.1) is 0 Å². The van der Waals surface area contributed by atoms with E-state index in [9.17, 15) is 13.0 Å². The van der Waals surface area contributed by atoms with Crippen LogP contribution in [0.15, 0.2) is 0 Å². The molecule has 0 unspecified atom stereocenters. The molecule has 68 valence electrons. The summed E-state index contributed by atoms with van der Waals surface area (Å²) in [7, 11) is -2.32. The Morgan fingerprint density at radius 3 is 2.08 bits per heavy atom. The molecule has 6 heteroatoms. The zero-order valence-corrected chi connectivity index (χ0v) is 10.9. The van der Waals surface area contributed by atoms with E-state index in [4.69, 9.17) is 0 Å². The predicted octanol–water partition coefficient (Wildman–Crippen LogP) is -3.08. The quantitative estimate of drug-likeness (QED) is 0.389. The second-order valence-corrected chi connectivity index (χ2v) is 4.67. The molecule has 0 aromatic heterocycles. The van der Waals surface area contributed by atoms with Crippen LogP contribution in [0.3, 0.4) is 0 Å². The van der Waals surface area contributed by atoms with E-state index >= 15 is 0 Å². The summed E-state index contributed by atoms with van der Waals surface area (Å²) in [5.41, 5.74) is -0.280. The van der Waals surface area contributed by atoms with E-state index in [1.165, 1.54) is 0 Å². The summed E-state index contributed by atoms with van der Waals surface area (Å²) in [6, 6.07) is 0. The molecule has 1 N–H and O–H groups in total. The number of rotatable bonds is 4. The van der Waals surface area contributed by atoms with Gasteiger partial charge in [-0.3, -0.25) is 0 Å². The Labute approximate surface area is 96.2 Å². The number of nitrogens with one attached hydrogen (secondary N) is 1. The molecule has 0 radical (unpaired) electrons. The molecule has 0 aliphatic heterocycles. The molecule has 0 aliphatic rings. The minimum Gasteiger partial charge on any atom is -0.748 e. The summed E-state index contributed by atoms with van der Waals surface area (Å²) in [4.78, 5) is 0. The average Bonchev–Trinajstić information content (AvgIpc) is 1.83. The van der Waals surface area contributed by atoms with Crippen molar-refractivity contribution < 1.29 is 42.5 Å². The van der Waals surface area contributed by atoms with Gasteiger partial charge in [-0.05, 0) is 27.3 Å². The molecule has 0 bridgehead atoms. The Bertz CT molecular complexity index is 213. The van der Waals surface area contributed by atoms with Crippen molar-refractivity contribution in [3.63, 3.8) is 0 Å². The van der Waals surface area contributed by atoms with E-state index in [1.54, 1.807) is 7.05 Å². The van der Waals surface area contributed by atoms with Crippen LogP contribution < -0.4 is 34.9 Å². The first-order valence-electron chi connectivity index (χ1n) is 3.39. The van der Waals surface area contributed by atoms with E-state index in [0.29, 0.717) is 6.42 Å². The largest absolute Gasteiger partial charge is 1.00 e. The molecule has 0 aromatic carbocycles. The molecule has 0 saturated carbocycles. The fourth-order valence-electron chi connectivity index (χ4n) is 0.505. The van der Waals surface area contributed by atoms with E-state index in [1.807, 2.05) is 13.8 Å². The van der Waals surface area contributed by atoms with Crippen molar-refractivity contribution in [2.24, 2.45) is 0 Å². The maximum absolute atomic E-state index is 10.2. The van der Waals surface area contributed by atoms with Gasteiger partial charge < -0.3 is 9.87 Å². The van der Waals surface area contributed by atoms with Crippen LogP contribution in [-0.4, -0.2) is 31.3 Å². The average molecular weight is 203 g/mol. The molecule has 0 atom stereocenters. The van der Waals surface area contributed by atoms with Gasteiger partial charge in [-0.25, -0.2) is 8.42 Å². The van der Waals surface area contributed by atoms with Crippen molar-refractivity contribution in [2.75, 3.05) is 12.8 Å². The number of hydrogen-bond donors (Lipinski definition) is 1. The molecule has 0 fully saturated rings. The van der Waals surface area contributed by atoms with Crippen LogP contribution in [-0.2, 0) is 10.1 Å². The Morgan fingerprint density at radius 2 is 1.83 bits per heavy atom. The molecule has 0 aliphatic carbocycles. The van der Waals surface area contributed by atoms with Gasteiger partial charge in [0.1, 0.15) is 0 Å². The molecule has 0 amide bonds. The second kappa shape index (κ2) is 5.57. The summed E-state index contributed by atoms with van der Waals surface area (Å²) in [6.45, 7) is 3.69. The van der Waals surface area contributed by atoms with Gasteiger partial charge in [0.05, 0.1) is 10.1 Å². The van der Waals surface area contributed by atoms with Crippen molar-refractivity contribution in [3.05, 3.63) is 0 Å². The predicted molar refractivity (Wildman–Crippen MR) is 42.3 cm³/mol. The summed E-state index contributed by atoms with van der Waals surface area (Å²) in [5, 5.41) is 2.91. The van der Waals surface area contributed by atoms with E-state index < -0.39 is 10.1 Å². The molecule has 0 saturated heterocycles. The maximum atomic E-state index is 10.2. The van der Waals surface area contributed by atoms with E-state index in [-0.39, 0.29) is 40.8 Å². The number of hydrogen-bond acceptors (Lipinski definition) is 4. The third kappa shape index (κ3) is 8.96. The normalized spacial score (nSPS) is 12.3.